The standard InChI is InChI=1S/C26H26N4O2S/c1-4-19-7-5-6-8-23(19)27-24(31)17-33-26-29-28-25(20-11-9-18(2)10-12-20)30(26)21-13-15-22(32-3)16-14-21/h5-16H,4,17H2,1-3H3,(H,27,31). The molecule has 7 heteroatoms. The molecule has 1 heterocycles. The summed E-state index contributed by atoms with van der Waals surface area (Å²) in [4.78, 5) is 12.7. The van der Waals surface area contributed by atoms with E-state index in [9.17, 15) is 4.79 Å². The van der Waals surface area contributed by atoms with Crippen LogP contribution in [-0.4, -0.2) is 33.5 Å². The first-order valence-corrected chi connectivity index (χ1v) is 11.7. The third kappa shape index (κ3) is 5.26. The number of hydrogen-bond acceptors (Lipinski definition) is 5. The fourth-order valence-corrected chi connectivity index (χ4v) is 4.24. The van der Waals surface area contributed by atoms with Crippen LogP contribution in [0.1, 0.15) is 18.1 Å². The lowest BCUT2D eigenvalue weighted by atomic mass is 10.1. The van der Waals surface area contributed by atoms with Crippen molar-refractivity contribution >= 4 is 23.4 Å². The molecule has 0 atom stereocenters. The molecule has 4 rings (SSSR count). The second kappa shape index (κ2) is 10.4. The summed E-state index contributed by atoms with van der Waals surface area (Å²) in [6, 6.07) is 23.7. The normalized spacial score (nSPS) is 10.8. The highest BCUT2D eigenvalue weighted by Crippen LogP contribution is 2.29. The van der Waals surface area contributed by atoms with E-state index in [2.05, 4.69) is 29.4 Å². The van der Waals surface area contributed by atoms with Crippen molar-refractivity contribution < 1.29 is 9.53 Å². The van der Waals surface area contributed by atoms with Crippen molar-refractivity contribution in [1.82, 2.24) is 14.8 Å². The average molecular weight is 459 g/mol. The molecule has 33 heavy (non-hydrogen) atoms. The molecule has 0 radical (unpaired) electrons. The zero-order valence-corrected chi connectivity index (χ0v) is 19.7. The van der Waals surface area contributed by atoms with Crippen LogP contribution in [0.4, 0.5) is 5.69 Å². The number of amides is 1. The van der Waals surface area contributed by atoms with Crippen molar-refractivity contribution in [3.05, 3.63) is 83.9 Å². The van der Waals surface area contributed by atoms with Gasteiger partial charge in [0.15, 0.2) is 11.0 Å². The van der Waals surface area contributed by atoms with Crippen molar-refractivity contribution in [2.75, 3.05) is 18.2 Å². The van der Waals surface area contributed by atoms with Gasteiger partial charge in [-0.1, -0.05) is 66.7 Å². The predicted molar refractivity (Wildman–Crippen MR) is 133 cm³/mol. The van der Waals surface area contributed by atoms with Crippen LogP contribution in [0, 0.1) is 6.92 Å². The largest absolute Gasteiger partial charge is 0.497 e. The van der Waals surface area contributed by atoms with E-state index < -0.39 is 0 Å². The van der Waals surface area contributed by atoms with Gasteiger partial charge in [-0.3, -0.25) is 9.36 Å². The summed E-state index contributed by atoms with van der Waals surface area (Å²) in [5, 5.41) is 12.5. The molecule has 0 aliphatic carbocycles. The van der Waals surface area contributed by atoms with Gasteiger partial charge in [0, 0.05) is 16.9 Å². The van der Waals surface area contributed by atoms with E-state index in [1.807, 2.05) is 77.4 Å². The maximum atomic E-state index is 12.7. The van der Waals surface area contributed by atoms with E-state index in [-0.39, 0.29) is 11.7 Å². The monoisotopic (exact) mass is 458 g/mol. The van der Waals surface area contributed by atoms with Gasteiger partial charge in [0.1, 0.15) is 5.75 Å². The summed E-state index contributed by atoms with van der Waals surface area (Å²) >= 11 is 1.36. The van der Waals surface area contributed by atoms with Crippen LogP contribution >= 0.6 is 11.8 Å². The molecule has 0 fully saturated rings. The van der Waals surface area contributed by atoms with Crippen molar-refractivity contribution in [1.29, 1.82) is 0 Å². The summed E-state index contributed by atoms with van der Waals surface area (Å²) in [6.45, 7) is 4.12. The number of carbonyl (C=O) groups is 1. The molecule has 1 amide bonds. The lowest BCUT2D eigenvalue weighted by Crippen LogP contribution is -2.15. The number of para-hydroxylation sites is 1. The Morgan fingerprint density at radius 1 is 1.00 bits per heavy atom. The van der Waals surface area contributed by atoms with Gasteiger partial charge in [-0.05, 0) is 49.2 Å². The van der Waals surface area contributed by atoms with Crippen LogP contribution in [-0.2, 0) is 11.2 Å². The van der Waals surface area contributed by atoms with Crippen LogP contribution in [0.15, 0.2) is 78.0 Å². The van der Waals surface area contributed by atoms with E-state index >= 15 is 0 Å². The highest BCUT2D eigenvalue weighted by Gasteiger charge is 2.18. The number of anilines is 1. The first kappa shape index (κ1) is 22.6. The average Bonchev–Trinajstić information content (AvgIpc) is 3.27. The molecular formula is C26H26N4O2S. The summed E-state index contributed by atoms with van der Waals surface area (Å²) < 4.78 is 7.27. The molecule has 6 nitrogen and oxygen atoms in total. The molecular weight excluding hydrogens is 432 g/mol. The van der Waals surface area contributed by atoms with Gasteiger partial charge < -0.3 is 10.1 Å². The number of carbonyl (C=O) groups excluding carboxylic acids is 1. The van der Waals surface area contributed by atoms with E-state index in [0.717, 1.165) is 40.5 Å². The zero-order valence-electron chi connectivity index (χ0n) is 18.9. The molecule has 1 aromatic heterocycles. The molecule has 0 aliphatic rings. The maximum absolute atomic E-state index is 12.7. The second-order valence-corrected chi connectivity index (χ2v) is 8.50. The molecule has 1 N–H and O–H groups in total. The van der Waals surface area contributed by atoms with Gasteiger partial charge in [0.25, 0.3) is 0 Å². The van der Waals surface area contributed by atoms with Gasteiger partial charge >= 0.3 is 0 Å². The van der Waals surface area contributed by atoms with Gasteiger partial charge in [-0.15, -0.1) is 10.2 Å². The lowest BCUT2D eigenvalue weighted by molar-refractivity contribution is -0.113. The Labute approximate surface area is 198 Å². The molecule has 0 saturated heterocycles. The summed E-state index contributed by atoms with van der Waals surface area (Å²) in [5.74, 6) is 1.63. The van der Waals surface area contributed by atoms with Gasteiger partial charge in [-0.2, -0.15) is 0 Å². The number of aromatic nitrogens is 3. The van der Waals surface area contributed by atoms with Crippen LogP contribution in [0.3, 0.4) is 0 Å². The van der Waals surface area contributed by atoms with Crippen molar-refractivity contribution in [3.8, 4) is 22.8 Å². The fourth-order valence-electron chi connectivity index (χ4n) is 3.48. The number of ether oxygens (including phenoxy) is 1. The SMILES string of the molecule is CCc1ccccc1NC(=O)CSc1nnc(-c2ccc(C)cc2)n1-c1ccc(OC)cc1. The van der Waals surface area contributed by atoms with E-state index in [0.29, 0.717) is 5.16 Å². The molecule has 0 aliphatic heterocycles. The molecule has 0 saturated carbocycles. The second-order valence-electron chi connectivity index (χ2n) is 7.55. The Morgan fingerprint density at radius 3 is 2.42 bits per heavy atom. The molecule has 0 unspecified atom stereocenters. The minimum atomic E-state index is -0.0814. The number of rotatable bonds is 8. The number of thioether (sulfide) groups is 1. The van der Waals surface area contributed by atoms with Crippen molar-refractivity contribution in [3.63, 3.8) is 0 Å². The number of nitrogens with zero attached hydrogens (tertiary/aromatic N) is 3. The highest BCUT2D eigenvalue weighted by molar-refractivity contribution is 7.99. The Morgan fingerprint density at radius 2 is 1.73 bits per heavy atom. The maximum Gasteiger partial charge on any atom is 0.234 e. The summed E-state index contributed by atoms with van der Waals surface area (Å²) in [5.41, 5.74) is 4.99. The Hall–Kier alpha value is -3.58. The van der Waals surface area contributed by atoms with Crippen LogP contribution in [0.25, 0.3) is 17.1 Å². The minimum Gasteiger partial charge on any atom is -0.497 e. The topological polar surface area (TPSA) is 69.0 Å². The fraction of sp³-hybridized carbons (Fsp3) is 0.192. The first-order chi connectivity index (χ1) is 16.1. The third-order valence-corrected chi connectivity index (χ3v) is 6.21. The van der Waals surface area contributed by atoms with Gasteiger partial charge in [0.05, 0.1) is 12.9 Å². The quantitative estimate of drug-likeness (QED) is 0.351. The molecule has 0 bridgehead atoms. The smallest absolute Gasteiger partial charge is 0.234 e. The third-order valence-electron chi connectivity index (χ3n) is 5.28. The number of benzene rings is 3. The predicted octanol–water partition coefficient (Wildman–Crippen LogP) is 5.54. The molecule has 4 aromatic rings. The molecule has 3 aromatic carbocycles. The number of aryl methyl sites for hydroxylation is 2. The molecule has 168 valence electrons. The van der Waals surface area contributed by atoms with E-state index in [4.69, 9.17) is 4.74 Å². The summed E-state index contributed by atoms with van der Waals surface area (Å²) in [6.07, 6.45) is 0.856. The zero-order chi connectivity index (χ0) is 23.2. The van der Waals surface area contributed by atoms with E-state index in [1.165, 1.54) is 17.3 Å². The number of nitrogens with one attached hydrogen (secondary N) is 1. The summed E-state index contributed by atoms with van der Waals surface area (Å²) in [7, 11) is 1.64. The Bertz CT molecular complexity index is 1230. The van der Waals surface area contributed by atoms with Crippen LogP contribution in [0.2, 0.25) is 0 Å². The Kier molecular flexibility index (Phi) is 7.10. The van der Waals surface area contributed by atoms with E-state index in [1.54, 1.807) is 7.11 Å². The highest BCUT2D eigenvalue weighted by atomic mass is 32.2. The van der Waals surface area contributed by atoms with Crippen molar-refractivity contribution in [2.24, 2.45) is 0 Å². The van der Waals surface area contributed by atoms with Crippen LogP contribution < -0.4 is 10.1 Å². The first-order valence-electron chi connectivity index (χ1n) is 10.8. The lowest BCUT2D eigenvalue weighted by Gasteiger charge is -2.12. The van der Waals surface area contributed by atoms with Gasteiger partial charge in [-0.25, -0.2) is 0 Å². The Balaban J connectivity index is 1.60. The van der Waals surface area contributed by atoms with Crippen molar-refractivity contribution in [2.45, 2.75) is 25.4 Å². The minimum absolute atomic E-state index is 0.0814. The number of methoxy groups -OCH3 is 1. The number of hydrogen-bond donors (Lipinski definition) is 1. The molecule has 0 spiro atoms. The van der Waals surface area contributed by atoms with Gasteiger partial charge in [0.2, 0.25) is 5.91 Å². The van der Waals surface area contributed by atoms with Crippen LogP contribution in [0.5, 0.6) is 5.75 Å².